The highest BCUT2D eigenvalue weighted by Gasteiger charge is 2.27. The van der Waals surface area contributed by atoms with Crippen LogP contribution in [0.5, 0.6) is 0 Å². The molecule has 1 aromatic heterocycles. The lowest BCUT2D eigenvalue weighted by atomic mass is 10.3. The first kappa shape index (κ1) is 14.8. The second-order valence-electron chi connectivity index (χ2n) is 4.01. The maximum Gasteiger partial charge on any atom is 0.290 e. The molecule has 112 valence electrons. The molecule has 10 heteroatoms. The molecule has 0 fully saturated rings. The molecule has 0 unspecified atom stereocenters. The standard InChI is InChI=1S/C11H13N5O4S/c1-2-12-8-3-4-9(16(17)18)10(7-8)21(19,20)15-11-13-5-6-14-11/h3-7,12H,2H2,1H3,(H2,13,14,15). The SMILES string of the molecule is CCNc1ccc([N+](=O)[O-])c(S(=O)(=O)Nc2ncc[nH]2)c1. The van der Waals surface area contributed by atoms with Crippen LogP contribution in [0.4, 0.5) is 17.3 Å². The van der Waals surface area contributed by atoms with Gasteiger partial charge in [0.15, 0.2) is 4.90 Å². The first-order chi connectivity index (χ1) is 9.94. The summed E-state index contributed by atoms with van der Waals surface area (Å²) in [6.45, 7) is 2.39. The minimum absolute atomic E-state index is 0.0156. The number of H-pyrrole nitrogens is 1. The third kappa shape index (κ3) is 3.28. The zero-order valence-electron chi connectivity index (χ0n) is 11.0. The number of nitro groups is 1. The number of nitro benzene ring substituents is 1. The third-order valence-electron chi connectivity index (χ3n) is 2.56. The van der Waals surface area contributed by atoms with E-state index in [0.717, 1.165) is 6.07 Å². The summed E-state index contributed by atoms with van der Waals surface area (Å²) < 4.78 is 26.7. The summed E-state index contributed by atoms with van der Waals surface area (Å²) in [4.78, 5) is 16.1. The molecule has 1 heterocycles. The van der Waals surface area contributed by atoms with E-state index in [1.807, 2.05) is 6.92 Å². The number of benzene rings is 1. The van der Waals surface area contributed by atoms with Crippen molar-refractivity contribution in [2.24, 2.45) is 0 Å². The average molecular weight is 311 g/mol. The van der Waals surface area contributed by atoms with Crippen molar-refractivity contribution in [1.29, 1.82) is 0 Å². The van der Waals surface area contributed by atoms with Crippen LogP contribution in [0.25, 0.3) is 0 Å². The fourth-order valence-corrected chi connectivity index (χ4v) is 2.87. The number of hydrogen-bond donors (Lipinski definition) is 3. The molecular formula is C11H13N5O4S. The van der Waals surface area contributed by atoms with Crippen LogP contribution in [0.15, 0.2) is 35.5 Å². The molecule has 9 nitrogen and oxygen atoms in total. The van der Waals surface area contributed by atoms with E-state index in [9.17, 15) is 18.5 Å². The molecule has 2 aromatic rings. The van der Waals surface area contributed by atoms with E-state index in [-0.39, 0.29) is 5.95 Å². The van der Waals surface area contributed by atoms with Gasteiger partial charge < -0.3 is 10.3 Å². The summed E-state index contributed by atoms with van der Waals surface area (Å²) in [6.07, 6.45) is 2.79. The Bertz CT molecular complexity index is 742. The second-order valence-corrected chi connectivity index (χ2v) is 5.66. The zero-order chi connectivity index (χ0) is 15.5. The van der Waals surface area contributed by atoms with Gasteiger partial charge in [-0.25, -0.2) is 18.1 Å². The second kappa shape index (κ2) is 5.79. The van der Waals surface area contributed by atoms with Crippen LogP contribution in [0, 0.1) is 10.1 Å². The van der Waals surface area contributed by atoms with Gasteiger partial charge in [0.25, 0.3) is 15.7 Å². The molecular weight excluding hydrogens is 298 g/mol. The van der Waals surface area contributed by atoms with Crippen LogP contribution in [0.2, 0.25) is 0 Å². The van der Waals surface area contributed by atoms with Crippen LogP contribution in [-0.4, -0.2) is 29.9 Å². The van der Waals surface area contributed by atoms with Crippen molar-refractivity contribution in [2.45, 2.75) is 11.8 Å². The first-order valence-electron chi connectivity index (χ1n) is 5.98. The molecule has 3 N–H and O–H groups in total. The molecule has 1 aromatic carbocycles. The summed E-state index contributed by atoms with van der Waals surface area (Å²) >= 11 is 0. The van der Waals surface area contributed by atoms with Gasteiger partial charge in [-0.1, -0.05) is 0 Å². The van der Waals surface area contributed by atoms with E-state index in [1.165, 1.54) is 24.5 Å². The highest BCUT2D eigenvalue weighted by molar-refractivity contribution is 7.92. The lowest BCUT2D eigenvalue weighted by molar-refractivity contribution is -0.387. The molecule has 0 aliphatic rings. The van der Waals surface area contributed by atoms with Gasteiger partial charge in [0, 0.05) is 30.7 Å². The number of nitrogens with zero attached hydrogens (tertiary/aromatic N) is 2. The highest BCUT2D eigenvalue weighted by atomic mass is 32.2. The van der Waals surface area contributed by atoms with Crippen molar-refractivity contribution >= 4 is 27.3 Å². The molecule has 0 spiro atoms. The Hall–Kier alpha value is -2.62. The number of imidazole rings is 1. The van der Waals surface area contributed by atoms with Gasteiger partial charge >= 0.3 is 0 Å². The van der Waals surface area contributed by atoms with E-state index in [2.05, 4.69) is 20.0 Å². The van der Waals surface area contributed by atoms with Crippen LogP contribution < -0.4 is 10.0 Å². The Balaban J connectivity index is 2.48. The fourth-order valence-electron chi connectivity index (χ4n) is 1.70. The quantitative estimate of drug-likeness (QED) is 0.548. The van der Waals surface area contributed by atoms with Gasteiger partial charge in [-0.2, -0.15) is 0 Å². The largest absolute Gasteiger partial charge is 0.385 e. The molecule has 2 rings (SSSR count). The molecule has 0 aliphatic carbocycles. The maximum absolute atomic E-state index is 12.3. The van der Waals surface area contributed by atoms with Gasteiger partial charge in [0.2, 0.25) is 5.95 Å². The van der Waals surface area contributed by atoms with Crippen LogP contribution in [0.1, 0.15) is 6.92 Å². The maximum atomic E-state index is 12.3. The number of sulfonamides is 1. The molecule has 0 saturated heterocycles. The smallest absolute Gasteiger partial charge is 0.290 e. The lowest BCUT2D eigenvalue weighted by Crippen LogP contribution is -2.16. The van der Waals surface area contributed by atoms with Gasteiger partial charge in [-0.3, -0.25) is 10.1 Å². The Kier molecular flexibility index (Phi) is 4.08. The number of aromatic nitrogens is 2. The van der Waals surface area contributed by atoms with Crippen LogP contribution >= 0.6 is 0 Å². The Morgan fingerprint density at radius 2 is 2.19 bits per heavy atom. The minimum atomic E-state index is -4.13. The van der Waals surface area contributed by atoms with Crippen molar-refractivity contribution in [3.8, 4) is 0 Å². The Labute approximate surface area is 120 Å². The molecule has 0 aliphatic heterocycles. The number of anilines is 2. The van der Waals surface area contributed by atoms with E-state index in [4.69, 9.17) is 0 Å². The lowest BCUT2D eigenvalue weighted by Gasteiger charge is -2.09. The Morgan fingerprint density at radius 3 is 2.76 bits per heavy atom. The van der Waals surface area contributed by atoms with Crippen molar-refractivity contribution in [3.63, 3.8) is 0 Å². The van der Waals surface area contributed by atoms with E-state index in [1.54, 1.807) is 0 Å². The van der Waals surface area contributed by atoms with E-state index >= 15 is 0 Å². The topological polar surface area (TPSA) is 130 Å². The summed E-state index contributed by atoms with van der Waals surface area (Å²) in [5, 5.41) is 13.9. The number of rotatable bonds is 6. The van der Waals surface area contributed by atoms with E-state index < -0.39 is 25.5 Å². The van der Waals surface area contributed by atoms with Crippen LogP contribution in [-0.2, 0) is 10.0 Å². The summed E-state index contributed by atoms with van der Waals surface area (Å²) in [5.74, 6) is -0.0156. The van der Waals surface area contributed by atoms with Crippen LogP contribution in [0.3, 0.4) is 0 Å². The van der Waals surface area contributed by atoms with Crippen molar-refractivity contribution in [2.75, 3.05) is 16.6 Å². The summed E-state index contributed by atoms with van der Waals surface area (Å²) in [5.41, 5.74) is -0.0290. The molecule has 21 heavy (non-hydrogen) atoms. The van der Waals surface area contributed by atoms with Crippen molar-refractivity contribution < 1.29 is 13.3 Å². The Morgan fingerprint density at radius 1 is 1.43 bits per heavy atom. The number of nitrogens with one attached hydrogen (secondary N) is 3. The fraction of sp³-hybridized carbons (Fsp3) is 0.182. The van der Waals surface area contributed by atoms with Crippen molar-refractivity contribution in [3.05, 3.63) is 40.7 Å². The zero-order valence-corrected chi connectivity index (χ0v) is 11.8. The molecule has 0 bridgehead atoms. The third-order valence-corrected chi connectivity index (χ3v) is 3.92. The van der Waals surface area contributed by atoms with Crippen molar-refractivity contribution in [1.82, 2.24) is 9.97 Å². The van der Waals surface area contributed by atoms with E-state index in [0.29, 0.717) is 12.2 Å². The van der Waals surface area contributed by atoms with Gasteiger partial charge in [-0.05, 0) is 19.1 Å². The monoisotopic (exact) mass is 311 g/mol. The summed E-state index contributed by atoms with van der Waals surface area (Å²) in [6, 6.07) is 3.81. The molecule has 0 amide bonds. The minimum Gasteiger partial charge on any atom is -0.385 e. The number of hydrogen-bond acceptors (Lipinski definition) is 6. The molecule has 0 radical (unpaired) electrons. The molecule has 0 atom stereocenters. The molecule has 0 saturated carbocycles. The number of aromatic amines is 1. The normalized spacial score (nSPS) is 11.1. The highest BCUT2D eigenvalue weighted by Crippen LogP contribution is 2.28. The first-order valence-corrected chi connectivity index (χ1v) is 7.47. The van der Waals surface area contributed by atoms with Gasteiger partial charge in [0.1, 0.15) is 0 Å². The van der Waals surface area contributed by atoms with Gasteiger partial charge in [-0.15, -0.1) is 0 Å². The summed E-state index contributed by atoms with van der Waals surface area (Å²) in [7, 11) is -4.13. The predicted octanol–water partition coefficient (Wildman–Crippen LogP) is 1.55. The average Bonchev–Trinajstić information content (AvgIpc) is 2.91. The van der Waals surface area contributed by atoms with Gasteiger partial charge in [0.05, 0.1) is 4.92 Å². The predicted molar refractivity (Wildman–Crippen MR) is 76.7 cm³/mol.